The maximum atomic E-state index is 12.6. The third-order valence-electron chi connectivity index (χ3n) is 5.80. The Kier molecular flexibility index (Phi) is 4.46. The van der Waals surface area contributed by atoms with Gasteiger partial charge in [0.05, 0.1) is 16.7 Å². The summed E-state index contributed by atoms with van der Waals surface area (Å²) in [6.07, 6.45) is 11.7. The highest BCUT2D eigenvalue weighted by atomic mass is 79.9. The lowest BCUT2D eigenvalue weighted by Gasteiger charge is -2.34. The molecule has 3 aliphatic heterocycles. The average Bonchev–Trinajstić information content (AvgIpc) is 3.13. The van der Waals surface area contributed by atoms with Crippen LogP contribution in [-0.2, 0) is 4.79 Å². The number of halogens is 1. The minimum atomic E-state index is 0.372. The van der Waals surface area contributed by atoms with E-state index in [2.05, 4.69) is 31.2 Å². The van der Waals surface area contributed by atoms with Crippen molar-refractivity contribution in [3.8, 4) is 0 Å². The van der Waals surface area contributed by atoms with Gasteiger partial charge in [0.2, 0.25) is 5.91 Å². The second-order valence-corrected chi connectivity index (χ2v) is 8.35. The lowest BCUT2D eigenvalue weighted by Crippen LogP contribution is -2.42. The fourth-order valence-corrected chi connectivity index (χ4v) is 4.91. The molecule has 0 saturated carbocycles. The van der Waals surface area contributed by atoms with Crippen LogP contribution in [0.15, 0.2) is 16.9 Å². The van der Waals surface area contributed by atoms with Gasteiger partial charge in [-0.15, -0.1) is 0 Å². The standard InChI is InChI=1S/C17H25BrN4O/c18-13-10-19-22(11-13)16-3-5-21(6-4-16)17(23)9-12-7-14-1-2-15(8-12)20-14/h10-12,14-16,20H,1-9H2. The van der Waals surface area contributed by atoms with Gasteiger partial charge in [-0.2, -0.15) is 5.10 Å². The van der Waals surface area contributed by atoms with Crippen molar-refractivity contribution in [2.45, 2.75) is 63.1 Å². The van der Waals surface area contributed by atoms with E-state index in [9.17, 15) is 4.79 Å². The number of hydrogen-bond donors (Lipinski definition) is 1. The molecule has 0 aromatic carbocycles. The van der Waals surface area contributed by atoms with Crippen LogP contribution in [0.4, 0.5) is 0 Å². The molecular weight excluding hydrogens is 356 g/mol. The molecule has 2 atom stereocenters. The Morgan fingerprint density at radius 1 is 1.22 bits per heavy atom. The first-order chi connectivity index (χ1) is 11.2. The van der Waals surface area contributed by atoms with Crippen LogP contribution in [0.25, 0.3) is 0 Å². The summed E-state index contributed by atoms with van der Waals surface area (Å²) in [5.41, 5.74) is 0. The second kappa shape index (κ2) is 6.55. The van der Waals surface area contributed by atoms with Gasteiger partial charge in [-0.05, 0) is 60.4 Å². The number of carbonyl (C=O) groups excluding carboxylic acids is 1. The Balaban J connectivity index is 1.27. The highest BCUT2D eigenvalue weighted by molar-refractivity contribution is 9.10. The molecule has 23 heavy (non-hydrogen) atoms. The van der Waals surface area contributed by atoms with E-state index in [0.29, 0.717) is 30.0 Å². The van der Waals surface area contributed by atoms with E-state index in [-0.39, 0.29) is 0 Å². The predicted molar refractivity (Wildman–Crippen MR) is 92.1 cm³/mol. The maximum Gasteiger partial charge on any atom is 0.222 e. The van der Waals surface area contributed by atoms with Crippen molar-refractivity contribution < 1.29 is 4.79 Å². The summed E-state index contributed by atoms with van der Waals surface area (Å²) in [6.45, 7) is 1.75. The van der Waals surface area contributed by atoms with E-state index in [1.54, 1.807) is 0 Å². The molecule has 3 fully saturated rings. The molecule has 1 aromatic rings. The fraction of sp³-hybridized carbons (Fsp3) is 0.765. The van der Waals surface area contributed by atoms with Gasteiger partial charge in [-0.1, -0.05) is 0 Å². The molecule has 3 saturated heterocycles. The van der Waals surface area contributed by atoms with E-state index in [0.717, 1.165) is 36.8 Å². The molecule has 1 N–H and O–H groups in total. The summed E-state index contributed by atoms with van der Waals surface area (Å²) < 4.78 is 3.06. The zero-order valence-corrected chi connectivity index (χ0v) is 15.0. The predicted octanol–water partition coefficient (Wildman–Crippen LogP) is 2.73. The average molecular weight is 381 g/mol. The molecule has 4 rings (SSSR count). The van der Waals surface area contributed by atoms with Crippen molar-refractivity contribution in [2.75, 3.05) is 13.1 Å². The van der Waals surface area contributed by atoms with E-state index < -0.39 is 0 Å². The van der Waals surface area contributed by atoms with Crippen LogP contribution in [0.1, 0.15) is 51.0 Å². The summed E-state index contributed by atoms with van der Waals surface area (Å²) in [6, 6.07) is 1.78. The highest BCUT2D eigenvalue weighted by Crippen LogP contribution is 2.33. The monoisotopic (exact) mass is 380 g/mol. The Morgan fingerprint density at radius 2 is 1.91 bits per heavy atom. The molecule has 1 aromatic heterocycles. The summed E-state index contributed by atoms with van der Waals surface area (Å²) in [4.78, 5) is 14.7. The number of piperidine rings is 2. The number of amides is 1. The fourth-order valence-electron chi connectivity index (χ4n) is 4.61. The summed E-state index contributed by atoms with van der Waals surface area (Å²) >= 11 is 3.45. The minimum absolute atomic E-state index is 0.372. The third kappa shape index (κ3) is 3.48. The Hall–Kier alpha value is -0.880. The molecule has 3 aliphatic rings. The third-order valence-corrected chi connectivity index (χ3v) is 6.20. The summed E-state index contributed by atoms with van der Waals surface area (Å²) in [5, 5.41) is 8.05. The molecule has 1 amide bonds. The molecule has 5 nitrogen and oxygen atoms in total. The number of rotatable bonds is 3. The minimum Gasteiger partial charge on any atom is -0.343 e. The van der Waals surface area contributed by atoms with Crippen molar-refractivity contribution in [1.82, 2.24) is 20.0 Å². The van der Waals surface area contributed by atoms with Gasteiger partial charge in [0.15, 0.2) is 0 Å². The lowest BCUT2D eigenvalue weighted by atomic mass is 9.89. The Bertz CT molecular complexity index is 555. The van der Waals surface area contributed by atoms with Crippen LogP contribution in [-0.4, -0.2) is 45.8 Å². The first-order valence-electron chi connectivity index (χ1n) is 8.91. The zero-order chi connectivity index (χ0) is 15.8. The van der Waals surface area contributed by atoms with Gasteiger partial charge >= 0.3 is 0 Å². The van der Waals surface area contributed by atoms with Gasteiger partial charge in [-0.25, -0.2) is 0 Å². The zero-order valence-electron chi connectivity index (χ0n) is 13.5. The molecule has 2 unspecified atom stereocenters. The first-order valence-corrected chi connectivity index (χ1v) is 9.70. The lowest BCUT2D eigenvalue weighted by molar-refractivity contribution is -0.133. The van der Waals surface area contributed by atoms with Crippen molar-refractivity contribution in [2.24, 2.45) is 5.92 Å². The number of hydrogen-bond acceptors (Lipinski definition) is 3. The molecule has 0 radical (unpaired) electrons. The second-order valence-electron chi connectivity index (χ2n) is 7.43. The normalized spacial score (nSPS) is 31.5. The van der Waals surface area contributed by atoms with Gasteiger partial charge in [0.25, 0.3) is 0 Å². The Morgan fingerprint density at radius 3 is 2.52 bits per heavy atom. The van der Waals surface area contributed by atoms with Crippen molar-refractivity contribution in [3.05, 3.63) is 16.9 Å². The summed E-state index contributed by atoms with van der Waals surface area (Å²) in [7, 11) is 0. The number of nitrogens with one attached hydrogen (secondary N) is 1. The quantitative estimate of drug-likeness (QED) is 0.876. The van der Waals surface area contributed by atoms with Crippen molar-refractivity contribution >= 4 is 21.8 Å². The number of likely N-dealkylation sites (tertiary alicyclic amines) is 1. The number of aromatic nitrogens is 2. The first kappa shape index (κ1) is 15.6. The molecule has 0 aliphatic carbocycles. The van der Waals surface area contributed by atoms with Gasteiger partial charge in [0.1, 0.15) is 0 Å². The van der Waals surface area contributed by atoms with Crippen LogP contribution in [0, 0.1) is 5.92 Å². The largest absolute Gasteiger partial charge is 0.343 e. The molecular formula is C17H25BrN4O. The van der Waals surface area contributed by atoms with E-state index in [4.69, 9.17) is 0 Å². The van der Waals surface area contributed by atoms with Crippen molar-refractivity contribution in [1.29, 1.82) is 0 Å². The van der Waals surface area contributed by atoms with Crippen LogP contribution in [0.2, 0.25) is 0 Å². The Labute approximate surface area is 145 Å². The number of nitrogens with zero attached hydrogens (tertiary/aromatic N) is 3. The van der Waals surface area contributed by atoms with Crippen LogP contribution in [0.3, 0.4) is 0 Å². The van der Waals surface area contributed by atoms with E-state index in [1.807, 2.05) is 17.1 Å². The van der Waals surface area contributed by atoms with Crippen LogP contribution in [0.5, 0.6) is 0 Å². The summed E-state index contributed by atoms with van der Waals surface area (Å²) in [5.74, 6) is 0.970. The number of carbonyl (C=O) groups is 1. The van der Waals surface area contributed by atoms with Crippen molar-refractivity contribution in [3.63, 3.8) is 0 Å². The molecule has 0 spiro atoms. The number of fused-ring (bicyclic) bond motifs is 2. The van der Waals surface area contributed by atoms with Crippen LogP contribution < -0.4 is 5.32 Å². The molecule has 6 heteroatoms. The smallest absolute Gasteiger partial charge is 0.222 e. The van der Waals surface area contributed by atoms with Gasteiger partial charge in [0, 0.05) is 37.8 Å². The SMILES string of the molecule is O=C(CC1CC2CCC(C1)N2)N1CCC(n2cc(Br)cn2)CC1. The van der Waals surface area contributed by atoms with E-state index >= 15 is 0 Å². The van der Waals surface area contributed by atoms with Gasteiger partial charge in [-0.3, -0.25) is 9.48 Å². The maximum absolute atomic E-state index is 12.6. The highest BCUT2D eigenvalue weighted by Gasteiger charge is 2.35. The van der Waals surface area contributed by atoms with Crippen LogP contribution >= 0.6 is 15.9 Å². The molecule has 2 bridgehead atoms. The topological polar surface area (TPSA) is 50.2 Å². The molecule has 4 heterocycles. The molecule has 126 valence electrons. The van der Waals surface area contributed by atoms with E-state index in [1.165, 1.54) is 25.7 Å². The van der Waals surface area contributed by atoms with Gasteiger partial charge < -0.3 is 10.2 Å².